The molecule has 1 aliphatic rings. The fourth-order valence-electron chi connectivity index (χ4n) is 2.22. The molecule has 104 valence electrons. The molecule has 0 atom stereocenters. The topological polar surface area (TPSA) is 28.2 Å². The van der Waals surface area contributed by atoms with E-state index in [0.29, 0.717) is 17.8 Å². The van der Waals surface area contributed by atoms with Crippen LogP contribution in [0.1, 0.15) is 12.0 Å². The molecule has 2 aromatic rings. The number of rotatable bonds is 2. The lowest BCUT2D eigenvalue weighted by molar-refractivity contribution is 0.146. The van der Waals surface area contributed by atoms with Gasteiger partial charge in [-0.2, -0.15) is 0 Å². The van der Waals surface area contributed by atoms with Gasteiger partial charge in [0.1, 0.15) is 5.82 Å². The summed E-state index contributed by atoms with van der Waals surface area (Å²) in [5.41, 5.74) is 1.45. The molecule has 1 N–H and O–H groups in total. The number of nitrogens with zero attached hydrogens (tertiary/aromatic N) is 2. The van der Waals surface area contributed by atoms with Crippen molar-refractivity contribution in [2.24, 2.45) is 0 Å². The number of anilines is 2. The Morgan fingerprint density at radius 2 is 2.05 bits per heavy atom. The minimum Gasteiger partial charge on any atom is -0.365 e. The molecule has 1 aliphatic heterocycles. The molecule has 0 spiro atoms. The van der Waals surface area contributed by atoms with Crippen molar-refractivity contribution in [3.05, 3.63) is 41.8 Å². The molecule has 0 aliphatic carbocycles. The van der Waals surface area contributed by atoms with Crippen LogP contribution in [0.4, 0.5) is 24.7 Å². The minimum atomic E-state index is -2.83. The average molecular weight is 279 g/mol. The van der Waals surface area contributed by atoms with Gasteiger partial charge in [-0.05, 0) is 23.8 Å². The Morgan fingerprint density at radius 3 is 2.80 bits per heavy atom. The van der Waals surface area contributed by atoms with Gasteiger partial charge in [-0.1, -0.05) is 6.07 Å². The fraction of sp³-hybridized carbons (Fsp3) is 0.214. The Morgan fingerprint density at radius 1 is 1.25 bits per heavy atom. The largest absolute Gasteiger partial charge is 0.365 e. The number of nitrogens with one attached hydrogen (secondary N) is 1. The lowest BCUT2D eigenvalue weighted by Gasteiger charge is -2.10. The monoisotopic (exact) mass is 279 g/mol. The molecule has 3 nitrogen and oxygen atoms in total. The van der Waals surface area contributed by atoms with E-state index in [4.69, 9.17) is 0 Å². The Hall–Kier alpha value is -2.24. The Labute approximate surface area is 114 Å². The number of pyridine rings is 1. The van der Waals surface area contributed by atoms with E-state index in [1.165, 1.54) is 12.1 Å². The van der Waals surface area contributed by atoms with Crippen molar-refractivity contribution in [2.75, 3.05) is 23.9 Å². The fourth-order valence-corrected chi connectivity index (χ4v) is 2.22. The molecule has 0 bridgehead atoms. The van der Waals surface area contributed by atoms with E-state index in [1.807, 2.05) is 18.0 Å². The highest BCUT2D eigenvalue weighted by Crippen LogP contribution is 2.33. The summed E-state index contributed by atoms with van der Waals surface area (Å²) in [4.78, 5) is 6.23. The molecule has 0 saturated heterocycles. The highest BCUT2D eigenvalue weighted by molar-refractivity contribution is 5.77. The number of halogens is 3. The van der Waals surface area contributed by atoms with Gasteiger partial charge in [-0.15, -0.1) is 0 Å². The van der Waals surface area contributed by atoms with Crippen LogP contribution in [0.15, 0.2) is 30.5 Å². The van der Waals surface area contributed by atoms with E-state index in [9.17, 15) is 13.2 Å². The van der Waals surface area contributed by atoms with Crippen molar-refractivity contribution >= 4 is 11.5 Å². The number of hydrogen-bond donors (Lipinski definition) is 1. The number of alkyl halides is 2. The lowest BCUT2D eigenvalue weighted by atomic mass is 10.0. The van der Waals surface area contributed by atoms with E-state index in [1.54, 1.807) is 6.20 Å². The Kier molecular flexibility index (Phi) is 3.00. The molecule has 6 heteroatoms. The van der Waals surface area contributed by atoms with Gasteiger partial charge in [0.25, 0.3) is 6.43 Å². The molecule has 0 saturated carbocycles. The van der Waals surface area contributed by atoms with Crippen LogP contribution in [0, 0.1) is 5.82 Å². The normalized spacial score (nSPS) is 13.6. The summed E-state index contributed by atoms with van der Waals surface area (Å²) < 4.78 is 38.7. The Bertz CT molecular complexity index is 658. The van der Waals surface area contributed by atoms with Gasteiger partial charge in [-0.25, -0.2) is 18.2 Å². The molecule has 2 heterocycles. The standard InChI is InChI=1S/C14H12F3N3/c1-20-7-19-12-5-9(6-18-14(12)20)8-2-3-11(15)10(4-8)13(16)17/h2-6,13,19H,7H2,1H3. The van der Waals surface area contributed by atoms with E-state index in [2.05, 4.69) is 10.3 Å². The molecular formula is C14H12F3N3. The molecule has 0 amide bonds. The van der Waals surface area contributed by atoms with Crippen LogP contribution >= 0.6 is 0 Å². The predicted molar refractivity (Wildman–Crippen MR) is 71.5 cm³/mol. The maximum Gasteiger partial charge on any atom is 0.266 e. The van der Waals surface area contributed by atoms with Gasteiger partial charge < -0.3 is 10.2 Å². The van der Waals surface area contributed by atoms with Crippen LogP contribution in [-0.4, -0.2) is 18.7 Å². The van der Waals surface area contributed by atoms with Crippen LogP contribution in [0.5, 0.6) is 0 Å². The first-order valence-corrected chi connectivity index (χ1v) is 6.09. The minimum absolute atomic E-state index is 0.522. The first-order valence-electron chi connectivity index (χ1n) is 6.09. The zero-order chi connectivity index (χ0) is 14.3. The third kappa shape index (κ3) is 2.07. The summed E-state index contributed by atoms with van der Waals surface area (Å²) in [6.45, 7) is 0.650. The maximum absolute atomic E-state index is 13.3. The van der Waals surface area contributed by atoms with Crippen LogP contribution in [0.2, 0.25) is 0 Å². The van der Waals surface area contributed by atoms with Gasteiger partial charge in [0, 0.05) is 18.8 Å². The average Bonchev–Trinajstić information content (AvgIpc) is 2.80. The SMILES string of the molecule is CN1CNc2cc(-c3ccc(F)c(C(F)F)c3)cnc21. The quantitative estimate of drug-likeness (QED) is 0.909. The molecule has 20 heavy (non-hydrogen) atoms. The van der Waals surface area contributed by atoms with Gasteiger partial charge in [0.05, 0.1) is 17.9 Å². The second kappa shape index (κ2) is 4.70. The summed E-state index contributed by atoms with van der Waals surface area (Å²) >= 11 is 0. The van der Waals surface area contributed by atoms with E-state index < -0.39 is 17.8 Å². The van der Waals surface area contributed by atoms with Gasteiger partial charge in [-0.3, -0.25) is 0 Å². The van der Waals surface area contributed by atoms with Gasteiger partial charge >= 0.3 is 0 Å². The smallest absolute Gasteiger partial charge is 0.266 e. The molecule has 1 aromatic carbocycles. The second-order valence-electron chi connectivity index (χ2n) is 4.66. The van der Waals surface area contributed by atoms with Gasteiger partial charge in [0.2, 0.25) is 0 Å². The third-order valence-corrected chi connectivity index (χ3v) is 3.30. The molecule has 0 fully saturated rings. The van der Waals surface area contributed by atoms with Crippen molar-refractivity contribution in [1.29, 1.82) is 0 Å². The summed E-state index contributed by atoms with van der Waals surface area (Å²) in [5, 5.41) is 3.15. The summed E-state index contributed by atoms with van der Waals surface area (Å²) in [5.74, 6) is -0.0827. The Balaban J connectivity index is 2.04. The molecule has 0 unspecified atom stereocenters. The highest BCUT2D eigenvalue weighted by Gasteiger charge is 2.18. The van der Waals surface area contributed by atoms with E-state index in [-0.39, 0.29) is 0 Å². The molecular weight excluding hydrogens is 267 g/mol. The zero-order valence-electron chi connectivity index (χ0n) is 10.7. The van der Waals surface area contributed by atoms with Gasteiger partial charge in [0.15, 0.2) is 5.82 Å². The predicted octanol–water partition coefficient (Wildman–Crippen LogP) is 3.64. The van der Waals surface area contributed by atoms with Crippen molar-refractivity contribution in [1.82, 2.24) is 4.98 Å². The van der Waals surface area contributed by atoms with Crippen molar-refractivity contribution < 1.29 is 13.2 Å². The molecule has 3 rings (SSSR count). The number of fused-ring (bicyclic) bond motifs is 1. The first-order chi connectivity index (χ1) is 9.56. The highest BCUT2D eigenvalue weighted by atomic mass is 19.3. The summed E-state index contributed by atoms with van der Waals surface area (Å²) in [7, 11) is 1.90. The van der Waals surface area contributed by atoms with Crippen molar-refractivity contribution in [3.63, 3.8) is 0 Å². The summed E-state index contributed by atoms with van der Waals surface area (Å²) in [6, 6.07) is 5.53. The lowest BCUT2D eigenvalue weighted by Crippen LogP contribution is -2.16. The number of benzene rings is 1. The summed E-state index contributed by atoms with van der Waals surface area (Å²) in [6.07, 6.45) is -1.23. The van der Waals surface area contributed by atoms with Crippen LogP contribution in [-0.2, 0) is 0 Å². The van der Waals surface area contributed by atoms with E-state index in [0.717, 1.165) is 17.6 Å². The zero-order valence-corrected chi connectivity index (χ0v) is 10.7. The van der Waals surface area contributed by atoms with E-state index >= 15 is 0 Å². The third-order valence-electron chi connectivity index (χ3n) is 3.30. The van der Waals surface area contributed by atoms with Crippen LogP contribution < -0.4 is 10.2 Å². The van der Waals surface area contributed by atoms with Crippen molar-refractivity contribution in [2.45, 2.75) is 6.43 Å². The van der Waals surface area contributed by atoms with Crippen LogP contribution in [0.25, 0.3) is 11.1 Å². The molecule has 0 radical (unpaired) electrons. The first kappa shape index (κ1) is 12.8. The number of hydrogen-bond acceptors (Lipinski definition) is 3. The maximum atomic E-state index is 13.3. The second-order valence-corrected chi connectivity index (χ2v) is 4.66. The molecule has 1 aromatic heterocycles. The van der Waals surface area contributed by atoms with Crippen LogP contribution in [0.3, 0.4) is 0 Å². The number of aromatic nitrogens is 1. The van der Waals surface area contributed by atoms with Crippen molar-refractivity contribution in [3.8, 4) is 11.1 Å².